The van der Waals surface area contributed by atoms with Crippen molar-refractivity contribution in [3.05, 3.63) is 34.3 Å². The van der Waals surface area contributed by atoms with Crippen molar-refractivity contribution in [2.75, 3.05) is 14.2 Å². The summed E-state index contributed by atoms with van der Waals surface area (Å²) >= 11 is 6.31. The number of benzene rings is 1. The quantitative estimate of drug-likeness (QED) is 0.817. The largest absolute Gasteiger partial charge is 0.376 e. The average Bonchev–Trinajstić information content (AvgIpc) is 2.70. The standard InChI is InChI=1S/C17H26ClNO/c1-13-8-9-14(12-15(13)18)16(19-2)17(20-3)10-6-4-5-7-11-17/h8-9,12,16,19H,4-7,10-11H2,1-3H3. The molecule has 0 aliphatic heterocycles. The zero-order valence-corrected chi connectivity index (χ0v) is 13.6. The van der Waals surface area contributed by atoms with Crippen LogP contribution in [-0.2, 0) is 4.74 Å². The summed E-state index contributed by atoms with van der Waals surface area (Å²) in [5, 5.41) is 4.31. The zero-order valence-electron chi connectivity index (χ0n) is 12.8. The minimum atomic E-state index is -0.107. The van der Waals surface area contributed by atoms with Crippen molar-refractivity contribution in [2.24, 2.45) is 0 Å². The minimum Gasteiger partial charge on any atom is -0.376 e. The topological polar surface area (TPSA) is 21.3 Å². The third-order valence-electron chi connectivity index (χ3n) is 4.70. The number of methoxy groups -OCH3 is 1. The number of nitrogens with one attached hydrogen (secondary N) is 1. The normalized spacial score (nSPS) is 20.4. The first-order chi connectivity index (χ1) is 9.63. The molecule has 1 fully saturated rings. The Kier molecular flexibility index (Phi) is 5.48. The van der Waals surface area contributed by atoms with Gasteiger partial charge in [0.25, 0.3) is 0 Å². The van der Waals surface area contributed by atoms with Crippen molar-refractivity contribution < 1.29 is 4.74 Å². The molecule has 1 aliphatic rings. The van der Waals surface area contributed by atoms with E-state index in [0.717, 1.165) is 23.4 Å². The van der Waals surface area contributed by atoms with Crippen LogP contribution in [0.2, 0.25) is 5.02 Å². The van der Waals surface area contributed by atoms with Crippen LogP contribution in [0.15, 0.2) is 18.2 Å². The fraction of sp³-hybridized carbons (Fsp3) is 0.647. The van der Waals surface area contributed by atoms with Crippen LogP contribution >= 0.6 is 11.6 Å². The van der Waals surface area contributed by atoms with E-state index < -0.39 is 0 Å². The lowest BCUT2D eigenvalue weighted by atomic mass is 9.82. The van der Waals surface area contributed by atoms with Gasteiger partial charge >= 0.3 is 0 Å². The maximum atomic E-state index is 6.31. The summed E-state index contributed by atoms with van der Waals surface area (Å²) in [5.74, 6) is 0. The molecule has 0 aromatic heterocycles. The summed E-state index contributed by atoms with van der Waals surface area (Å²) in [5.41, 5.74) is 2.24. The first-order valence-corrected chi connectivity index (χ1v) is 7.99. The van der Waals surface area contributed by atoms with Gasteiger partial charge in [0.05, 0.1) is 11.6 Å². The Balaban J connectivity index is 2.34. The first kappa shape index (κ1) is 15.8. The van der Waals surface area contributed by atoms with Gasteiger partial charge in [-0.05, 0) is 44.0 Å². The van der Waals surface area contributed by atoms with Gasteiger partial charge in [0.2, 0.25) is 0 Å². The van der Waals surface area contributed by atoms with Crippen LogP contribution < -0.4 is 5.32 Å². The third kappa shape index (κ3) is 3.19. The highest BCUT2D eigenvalue weighted by Gasteiger charge is 2.39. The van der Waals surface area contributed by atoms with E-state index in [9.17, 15) is 0 Å². The molecule has 0 bridgehead atoms. The number of rotatable bonds is 4. The predicted octanol–water partition coefficient (Wildman–Crippen LogP) is 4.65. The number of hydrogen-bond donors (Lipinski definition) is 1. The van der Waals surface area contributed by atoms with Crippen LogP contribution in [0.3, 0.4) is 0 Å². The SMILES string of the molecule is CNC(c1ccc(C)c(Cl)c1)C1(OC)CCCCCC1. The molecule has 3 heteroatoms. The van der Waals surface area contributed by atoms with E-state index in [-0.39, 0.29) is 11.6 Å². The van der Waals surface area contributed by atoms with Gasteiger partial charge in [0.1, 0.15) is 0 Å². The molecule has 2 nitrogen and oxygen atoms in total. The molecule has 0 amide bonds. The Morgan fingerprint density at radius 1 is 1.20 bits per heavy atom. The summed E-state index contributed by atoms with van der Waals surface area (Å²) in [7, 11) is 3.87. The fourth-order valence-corrected chi connectivity index (χ4v) is 3.65. The van der Waals surface area contributed by atoms with Gasteiger partial charge < -0.3 is 10.1 Å². The van der Waals surface area contributed by atoms with Crippen molar-refractivity contribution in [1.82, 2.24) is 5.32 Å². The highest BCUT2D eigenvalue weighted by molar-refractivity contribution is 6.31. The highest BCUT2D eigenvalue weighted by atomic mass is 35.5. The molecule has 0 saturated heterocycles. The van der Waals surface area contributed by atoms with Crippen molar-refractivity contribution in [3.8, 4) is 0 Å². The van der Waals surface area contributed by atoms with Crippen LogP contribution in [-0.4, -0.2) is 19.8 Å². The highest BCUT2D eigenvalue weighted by Crippen LogP contribution is 2.40. The number of aryl methyl sites for hydroxylation is 1. The molecule has 0 heterocycles. The number of hydrogen-bond acceptors (Lipinski definition) is 2. The van der Waals surface area contributed by atoms with Gasteiger partial charge in [-0.1, -0.05) is 49.4 Å². The van der Waals surface area contributed by atoms with E-state index in [1.807, 2.05) is 21.1 Å². The number of likely N-dealkylation sites (N-methyl/N-ethyl adjacent to an activating group) is 1. The van der Waals surface area contributed by atoms with E-state index in [2.05, 4.69) is 23.5 Å². The Labute approximate surface area is 127 Å². The molecule has 1 unspecified atom stereocenters. The summed E-state index contributed by atoms with van der Waals surface area (Å²) in [6.07, 6.45) is 7.34. The molecule has 20 heavy (non-hydrogen) atoms. The predicted molar refractivity (Wildman–Crippen MR) is 85.4 cm³/mol. The van der Waals surface area contributed by atoms with Crippen LogP contribution in [0, 0.1) is 6.92 Å². The second-order valence-electron chi connectivity index (χ2n) is 5.91. The van der Waals surface area contributed by atoms with Crippen molar-refractivity contribution in [2.45, 2.75) is 57.1 Å². The maximum absolute atomic E-state index is 6.31. The second-order valence-corrected chi connectivity index (χ2v) is 6.32. The van der Waals surface area contributed by atoms with E-state index >= 15 is 0 Å². The van der Waals surface area contributed by atoms with E-state index in [1.165, 1.54) is 31.2 Å². The Morgan fingerprint density at radius 2 is 1.85 bits per heavy atom. The molecule has 1 saturated carbocycles. The Morgan fingerprint density at radius 3 is 2.35 bits per heavy atom. The second kappa shape index (κ2) is 6.93. The molecule has 112 valence electrons. The van der Waals surface area contributed by atoms with Gasteiger partial charge in [0.15, 0.2) is 0 Å². The molecule has 2 rings (SSSR count). The van der Waals surface area contributed by atoms with Crippen molar-refractivity contribution >= 4 is 11.6 Å². The van der Waals surface area contributed by atoms with Crippen molar-refractivity contribution in [1.29, 1.82) is 0 Å². The lowest BCUT2D eigenvalue weighted by molar-refractivity contribution is -0.0522. The summed E-state index contributed by atoms with van der Waals surface area (Å²) in [4.78, 5) is 0. The van der Waals surface area contributed by atoms with Gasteiger partial charge in [-0.25, -0.2) is 0 Å². The monoisotopic (exact) mass is 295 g/mol. The van der Waals surface area contributed by atoms with Crippen LogP contribution in [0.1, 0.15) is 55.7 Å². The van der Waals surface area contributed by atoms with Crippen LogP contribution in [0.25, 0.3) is 0 Å². The Bertz CT molecular complexity index is 439. The lowest BCUT2D eigenvalue weighted by Crippen LogP contribution is -2.44. The molecule has 0 radical (unpaired) electrons. The molecule has 1 atom stereocenters. The summed E-state index contributed by atoms with van der Waals surface area (Å²) in [6.45, 7) is 2.04. The van der Waals surface area contributed by atoms with Gasteiger partial charge in [0, 0.05) is 12.1 Å². The van der Waals surface area contributed by atoms with E-state index in [4.69, 9.17) is 16.3 Å². The zero-order chi connectivity index (χ0) is 14.6. The summed E-state index contributed by atoms with van der Waals surface area (Å²) < 4.78 is 6.03. The average molecular weight is 296 g/mol. The van der Waals surface area contributed by atoms with Gasteiger partial charge in [-0.3, -0.25) is 0 Å². The van der Waals surface area contributed by atoms with Crippen LogP contribution in [0.5, 0.6) is 0 Å². The molecule has 1 aliphatic carbocycles. The molecule has 0 spiro atoms. The number of halogens is 1. The lowest BCUT2D eigenvalue weighted by Gasteiger charge is -2.39. The summed E-state index contributed by atoms with van der Waals surface area (Å²) in [6, 6.07) is 6.56. The van der Waals surface area contributed by atoms with E-state index in [1.54, 1.807) is 0 Å². The van der Waals surface area contributed by atoms with Gasteiger partial charge in [-0.15, -0.1) is 0 Å². The third-order valence-corrected chi connectivity index (χ3v) is 5.11. The molecular weight excluding hydrogens is 270 g/mol. The maximum Gasteiger partial charge on any atom is 0.0872 e. The molecule has 1 aromatic carbocycles. The molecular formula is C17H26ClNO. The molecule has 1 aromatic rings. The minimum absolute atomic E-state index is 0.107. The van der Waals surface area contributed by atoms with Crippen molar-refractivity contribution in [3.63, 3.8) is 0 Å². The Hall–Kier alpha value is -0.570. The molecule has 1 N–H and O–H groups in total. The number of ether oxygens (including phenoxy) is 1. The van der Waals surface area contributed by atoms with Gasteiger partial charge in [-0.2, -0.15) is 0 Å². The fourth-order valence-electron chi connectivity index (χ4n) is 3.46. The van der Waals surface area contributed by atoms with E-state index in [0.29, 0.717) is 0 Å². The smallest absolute Gasteiger partial charge is 0.0872 e. The van der Waals surface area contributed by atoms with Crippen LogP contribution in [0.4, 0.5) is 0 Å². The first-order valence-electron chi connectivity index (χ1n) is 7.61.